The molecule has 0 aliphatic rings. The van der Waals surface area contributed by atoms with E-state index in [0.29, 0.717) is 18.0 Å². The summed E-state index contributed by atoms with van der Waals surface area (Å²) >= 11 is 0. The molecule has 0 aromatic carbocycles. The summed E-state index contributed by atoms with van der Waals surface area (Å²) in [6.07, 6.45) is 5.20. The molecule has 0 aliphatic heterocycles. The second-order valence-electron chi connectivity index (χ2n) is 4.61. The quantitative estimate of drug-likeness (QED) is 0.762. The van der Waals surface area contributed by atoms with E-state index in [0.717, 1.165) is 17.0 Å². The monoisotopic (exact) mass is 269 g/mol. The smallest absolute Gasteiger partial charge is 0.166 e. The van der Waals surface area contributed by atoms with E-state index < -0.39 is 0 Å². The SMILES string of the molecule is CN(Cc1nccn1C)c1ncnc2nc(N)ccc12. The lowest BCUT2D eigenvalue weighted by molar-refractivity contribution is 0.756. The van der Waals surface area contributed by atoms with Crippen molar-refractivity contribution in [3.63, 3.8) is 0 Å². The van der Waals surface area contributed by atoms with Gasteiger partial charge < -0.3 is 15.2 Å². The summed E-state index contributed by atoms with van der Waals surface area (Å²) in [6, 6.07) is 3.64. The average molecular weight is 269 g/mol. The molecular formula is C13H15N7. The minimum absolute atomic E-state index is 0.453. The first-order chi connectivity index (χ1) is 9.65. The Hall–Kier alpha value is -2.70. The third-order valence-electron chi connectivity index (χ3n) is 3.16. The molecular weight excluding hydrogens is 254 g/mol. The van der Waals surface area contributed by atoms with Gasteiger partial charge in [-0.3, -0.25) is 0 Å². The maximum absolute atomic E-state index is 5.68. The topological polar surface area (TPSA) is 85.8 Å². The zero-order valence-corrected chi connectivity index (χ0v) is 11.4. The van der Waals surface area contributed by atoms with E-state index in [1.165, 1.54) is 6.33 Å². The molecule has 0 amide bonds. The zero-order chi connectivity index (χ0) is 14.1. The molecule has 0 unspecified atom stereocenters. The molecule has 0 spiro atoms. The molecule has 0 radical (unpaired) electrons. The Morgan fingerprint density at radius 3 is 2.85 bits per heavy atom. The van der Waals surface area contributed by atoms with Crippen LogP contribution in [0.5, 0.6) is 0 Å². The van der Waals surface area contributed by atoms with E-state index in [9.17, 15) is 0 Å². The van der Waals surface area contributed by atoms with Crippen LogP contribution in [0, 0.1) is 0 Å². The second kappa shape index (κ2) is 4.76. The summed E-state index contributed by atoms with van der Waals surface area (Å²) in [7, 11) is 3.93. The third kappa shape index (κ3) is 2.13. The molecule has 20 heavy (non-hydrogen) atoms. The van der Waals surface area contributed by atoms with Gasteiger partial charge in [-0.25, -0.2) is 19.9 Å². The van der Waals surface area contributed by atoms with Crippen LogP contribution < -0.4 is 10.6 Å². The Morgan fingerprint density at radius 1 is 1.25 bits per heavy atom. The van der Waals surface area contributed by atoms with Gasteiger partial charge in [-0.05, 0) is 12.1 Å². The number of rotatable bonds is 3. The fourth-order valence-electron chi connectivity index (χ4n) is 2.08. The molecule has 3 aromatic rings. The van der Waals surface area contributed by atoms with Crippen molar-refractivity contribution in [3.8, 4) is 0 Å². The molecule has 7 nitrogen and oxygen atoms in total. The minimum atomic E-state index is 0.453. The van der Waals surface area contributed by atoms with Crippen molar-refractivity contribution in [1.29, 1.82) is 0 Å². The molecule has 3 heterocycles. The van der Waals surface area contributed by atoms with Crippen LogP contribution >= 0.6 is 0 Å². The highest BCUT2D eigenvalue weighted by molar-refractivity contribution is 5.87. The summed E-state index contributed by atoms with van der Waals surface area (Å²) < 4.78 is 1.98. The molecule has 3 rings (SSSR count). The number of hydrogen-bond acceptors (Lipinski definition) is 6. The van der Waals surface area contributed by atoms with Gasteiger partial charge in [0.2, 0.25) is 0 Å². The number of anilines is 2. The van der Waals surface area contributed by atoms with E-state index in [1.807, 2.05) is 35.8 Å². The summed E-state index contributed by atoms with van der Waals surface area (Å²) in [4.78, 5) is 19.0. The van der Waals surface area contributed by atoms with Gasteiger partial charge in [-0.2, -0.15) is 0 Å². The lowest BCUT2D eigenvalue weighted by Gasteiger charge is -2.19. The van der Waals surface area contributed by atoms with E-state index in [4.69, 9.17) is 5.73 Å². The number of nitrogens with zero attached hydrogens (tertiary/aromatic N) is 6. The van der Waals surface area contributed by atoms with E-state index in [-0.39, 0.29) is 0 Å². The third-order valence-corrected chi connectivity index (χ3v) is 3.16. The molecule has 0 fully saturated rings. The number of hydrogen-bond donors (Lipinski definition) is 1. The largest absolute Gasteiger partial charge is 0.384 e. The van der Waals surface area contributed by atoms with E-state index in [2.05, 4.69) is 19.9 Å². The Morgan fingerprint density at radius 2 is 2.10 bits per heavy atom. The number of imidazole rings is 1. The maximum atomic E-state index is 5.68. The maximum Gasteiger partial charge on any atom is 0.166 e. The lowest BCUT2D eigenvalue weighted by Crippen LogP contribution is -2.20. The standard InChI is InChI=1S/C13H15N7/c1-19-6-5-15-11(19)7-20(2)13-9-3-4-10(14)18-12(9)16-8-17-13/h3-6,8H,7H2,1-2H3,(H2,14,16,17,18). The molecule has 0 saturated carbocycles. The summed E-state index contributed by atoms with van der Waals surface area (Å²) in [5, 5.41) is 0.874. The van der Waals surface area contributed by atoms with Crippen molar-refractivity contribution in [1.82, 2.24) is 24.5 Å². The molecule has 0 atom stereocenters. The fourth-order valence-corrected chi connectivity index (χ4v) is 2.08. The number of nitrogens with two attached hydrogens (primary N) is 1. The highest BCUT2D eigenvalue weighted by Crippen LogP contribution is 2.22. The Balaban J connectivity index is 1.99. The first kappa shape index (κ1) is 12.3. The summed E-state index contributed by atoms with van der Waals surface area (Å²) in [5.41, 5.74) is 6.28. The highest BCUT2D eigenvalue weighted by atomic mass is 15.2. The molecule has 0 bridgehead atoms. The van der Waals surface area contributed by atoms with Crippen molar-refractivity contribution in [2.75, 3.05) is 17.7 Å². The van der Waals surface area contributed by atoms with Gasteiger partial charge in [0.25, 0.3) is 0 Å². The van der Waals surface area contributed by atoms with Crippen LogP contribution in [0.2, 0.25) is 0 Å². The van der Waals surface area contributed by atoms with Crippen LogP contribution in [0.4, 0.5) is 11.6 Å². The van der Waals surface area contributed by atoms with Crippen molar-refractivity contribution >= 4 is 22.7 Å². The van der Waals surface area contributed by atoms with Crippen molar-refractivity contribution < 1.29 is 0 Å². The van der Waals surface area contributed by atoms with Gasteiger partial charge in [-0.15, -0.1) is 0 Å². The number of aromatic nitrogens is 5. The number of pyridine rings is 1. The molecule has 3 aromatic heterocycles. The van der Waals surface area contributed by atoms with Gasteiger partial charge >= 0.3 is 0 Å². The predicted molar refractivity (Wildman–Crippen MR) is 77.1 cm³/mol. The first-order valence-electron chi connectivity index (χ1n) is 6.19. The first-order valence-corrected chi connectivity index (χ1v) is 6.19. The van der Waals surface area contributed by atoms with Crippen LogP contribution in [0.3, 0.4) is 0 Å². The normalized spacial score (nSPS) is 10.9. The predicted octanol–water partition coefficient (Wildman–Crippen LogP) is 0.977. The van der Waals surface area contributed by atoms with Crippen LogP contribution in [-0.4, -0.2) is 31.6 Å². The van der Waals surface area contributed by atoms with Gasteiger partial charge in [0.05, 0.1) is 11.9 Å². The highest BCUT2D eigenvalue weighted by Gasteiger charge is 2.11. The van der Waals surface area contributed by atoms with Gasteiger partial charge in [-0.1, -0.05) is 0 Å². The van der Waals surface area contributed by atoms with Crippen LogP contribution in [0.1, 0.15) is 5.82 Å². The summed E-state index contributed by atoms with van der Waals surface area (Å²) in [5.74, 6) is 2.22. The van der Waals surface area contributed by atoms with Gasteiger partial charge in [0, 0.05) is 26.5 Å². The number of fused-ring (bicyclic) bond motifs is 1. The Labute approximate surface area is 116 Å². The van der Waals surface area contributed by atoms with Crippen molar-refractivity contribution in [2.45, 2.75) is 6.54 Å². The molecule has 2 N–H and O–H groups in total. The fraction of sp³-hybridized carbons (Fsp3) is 0.231. The molecule has 0 saturated heterocycles. The van der Waals surface area contributed by atoms with E-state index in [1.54, 1.807) is 12.3 Å². The molecule has 102 valence electrons. The van der Waals surface area contributed by atoms with Crippen molar-refractivity contribution in [3.05, 3.63) is 36.7 Å². The van der Waals surface area contributed by atoms with Crippen molar-refractivity contribution in [2.24, 2.45) is 7.05 Å². The molecule has 7 heteroatoms. The van der Waals surface area contributed by atoms with Gasteiger partial charge in [0.15, 0.2) is 5.65 Å². The molecule has 0 aliphatic carbocycles. The average Bonchev–Trinajstić information content (AvgIpc) is 2.83. The Kier molecular flexibility index (Phi) is 2.94. The zero-order valence-electron chi connectivity index (χ0n) is 11.4. The van der Waals surface area contributed by atoms with Gasteiger partial charge in [0.1, 0.15) is 23.8 Å². The lowest BCUT2D eigenvalue weighted by atomic mass is 10.3. The summed E-state index contributed by atoms with van der Waals surface area (Å²) in [6.45, 7) is 0.653. The minimum Gasteiger partial charge on any atom is -0.384 e. The number of nitrogen functional groups attached to an aromatic ring is 1. The van der Waals surface area contributed by atoms with Crippen LogP contribution in [0.15, 0.2) is 30.9 Å². The number of aryl methyl sites for hydroxylation is 1. The second-order valence-corrected chi connectivity index (χ2v) is 4.61. The van der Waals surface area contributed by atoms with Crippen LogP contribution in [-0.2, 0) is 13.6 Å². The van der Waals surface area contributed by atoms with E-state index >= 15 is 0 Å². The van der Waals surface area contributed by atoms with Crippen LogP contribution in [0.25, 0.3) is 11.0 Å². The Bertz CT molecular complexity index is 749.